The van der Waals surface area contributed by atoms with Crippen molar-refractivity contribution in [2.45, 2.75) is 19.8 Å². The normalized spacial score (nSPS) is 16.2. The van der Waals surface area contributed by atoms with Crippen molar-refractivity contribution >= 4 is 28.8 Å². The predicted molar refractivity (Wildman–Crippen MR) is 106 cm³/mol. The highest BCUT2D eigenvalue weighted by atomic mass is 32.1. The molecular weight excluding hydrogens is 394 g/mol. The van der Waals surface area contributed by atoms with Crippen LogP contribution in [0.25, 0.3) is 5.76 Å². The van der Waals surface area contributed by atoms with Crippen molar-refractivity contribution in [3.8, 4) is 6.07 Å². The molecule has 1 atom stereocenters. The number of rotatable bonds is 5. The number of nitriles is 1. The van der Waals surface area contributed by atoms with E-state index >= 15 is 0 Å². The minimum absolute atomic E-state index is 0.0430. The molecule has 29 heavy (non-hydrogen) atoms. The van der Waals surface area contributed by atoms with Gasteiger partial charge in [-0.2, -0.15) is 5.26 Å². The number of benzene rings is 1. The SMILES string of the molecule is CCOC(=O)C1=C(c2cccc([N+](=O)[O-])c2)OC(N)=C(C#N)C1c1sccc1C. The van der Waals surface area contributed by atoms with Gasteiger partial charge in [0.15, 0.2) is 0 Å². The third kappa shape index (κ3) is 3.70. The lowest BCUT2D eigenvalue weighted by Crippen LogP contribution is -2.25. The topological polar surface area (TPSA) is 128 Å². The Kier molecular flexibility index (Phi) is 5.66. The van der Waals surface area contributed by atoms with E-state index in [0.29, 0.717) is 5.56 Å². The molecule has 0 amide bonds. The van der Waals surface area contributed by atoms with Gasteiger partial charge in [-0.25, -0.2) is 4.79 Å². The fraction of sp³-hybridized carbons (Fsp3) is 0.200. The van der Waals surface area contributed by atoms with Gasteiger partial charge in [-0.15, -0.1) is 11.3 Å². The first-order valence-electron chi connectivity index (χ1n) is 8.66. The third-order valence-corrected chi connectivity index (χ3v) is 5.48. The average molecular weight is 411 g/mol. The van der Waals surface area contributed by atoms with Crippen LogP contribution in [0.2, 0.25) is 0 Å². The Morgan fingerprint density at radius 1 is 1.45 bits per heavy atom. The summed E-state index contributed by atoms with van der Waals surface area (Å²) in [5.41, 5.74) is 7.20. The van der Waals surface area contributed by atoms with Crippen molar-refractivity contribution in [2.75, 3.05) is 6.61 Å². The zero-order chi connectivity index (χ0) is 21.1. The summed E-state index contributed by atoms with van der Waals surface area (Å²) in [6.45, 7) is 3.64. The van der Waals surface area contributed by atoms with Crippen molar-refractivity contribution in [3.63, 3.8) is 0 Å². The van der Waals surface area contributed by atoms with Gasteiger partial charge in [0.2, 0.25) is 5.88 Å². The van der Waals surface area contributed by atoms with Crippen molar-refractivity contribution in [3.05, 3.63) is 78.9 Å². The zero-order valence-corrected chi connectivity index (χ0v) is 16.5. The van der Waals surface area contributed by atoms with E-state index < -0.39 is 16.8 Å². The molecule has 0 radical (unpaired) electrons. The summed E-state index contributed by atoms with van der Waals surface area (Å²) >= 11 is 1.38. The largest absolute Gasteiger partial charge is 0.463 e. The van der Waals surface area contributed by atoms with Gasteiger partial charge in [0.05, 0.1) is 23.0 Å². The molecule has 8 nitrogen and oxygen atoms in total. The molecule has 0 saturated carbocycles. The lowest BCUT2D eigenvalue weighted by molar-refractivity contribution is -0.384. The van der Waals surface area contributed by atoms with Gasteiger partial charge in [-0.3, -0.25) is 10.1 Å². The minimum atomic E-state index is -0.790. The molecule has 0 fully saturated rings. The number of thiophene rings is 1. The molecule has 0 bridgehead atoms. The summed E-state index contributed by atoms with van der Waals surface area (Å²) in [5, 5.41) is 22.7. The Morgan fingerprint density at radius 2 is 2.21 bits per heavy atom. The molecule has 9 heteroatoms. The molecule has 0 saturated heterocycles. The molecule has 1 unspecified atom stereocenters. The van der Waals surface area contributed by atoms with Crippen molar-refractivity contribution in [2.24, 2.45) is 5.73 Å². The molecule has 1 aromatic carbocycles. The van der Waals surface area contributed by atoms with Gasteiger partial charge in [0, 0.05) is 22.6 Å². The number of aryl methyl sites for hydroxylation is 1. The van der Waals surface area contributed by atoms with Crippen LogP contribution in [0.1, 0.15) is 28.8 Å². The Balaban J connectivity index is 2.31. The molecule has 1 aliphatic heterocycles. The summed E-state index contributed by atoms with van der Waals surface area (Å²) in [5.74, 6) is -1.57. The first kappa shape index (κ1) is 20.1. The summed E-state index contributed by atoms with van der Waals surface area (Å²) in [6.07, 6.45) is 0. The van der Waals surface area contributed by atoms with Gasteiger partial charge in [0.25, 0.3) is 5.69 Å². The fourth-order valence-corrected chi connectivity index (χ4v) is 4.14. The maximum Gasteiger partial charge on any atom is 0.338 e. The molecule has 2 heterocycles. The molecule has 3 rings (SSSR count). The van der Waals surface area contributed by atoms with Gasteiger partial charge in [0.1, 0.15) is 17.4 Å². The average Bonchev–Trinajstić information content (AvgIpc) is 3.12. The highest BCUT2D eigenvalue weighted by Gasteiger charge is 2.39. The molecule has 2 N–H and O–H groups in total. The number of carbonyl (C=O) groups excluding carboxylic acids is 1. The van der Waals surface area contributed by atoms with Crippen LogP contribution in [0.5, 0.6) is 0 Å². The van der Waals surface area contributed by atoms with E-state index in [1.54, 1.807) is 13.0 Å². The van der Waals surface area contributed by atoms with Crippen LogP contribution in [-0.2, 0) is 14.3 Å². The first-order chi connectivity index (χ1) is 13.9. The molecule has 1 aromatic heterocycles. The number of nitro groups is 1. The van der Waals surface area contributed by atoms with E-state index in [2.05, 4.69) is 0 Å². The number of hydrogen-bond donors (Lipinski definition) is 1. The molecular formula is C20H17N3O5S. The molecule has 1 aliphatic rings. The van der Waals surface area contributed by atoms with Crippen molar-refractivity contribution in [1.82, 2.24) is 0 Å². The second kappa shape index (κ2) is 8.16. The standard InChI is InChI=1S/C20H17N3O5S/c1-3-27-20(24)16-15(18-11(2)7-8-29-18)14(10-21)19(22)28-17(16)12-5-4-6-13(9-12)23(25)26/h4-9,15H,3,22H2,1-2H3. The van der Waals surface area contributed by atoms with Crippen LogP contribution < -0.4 is 5.73 Å². The van der Waals surface area contributed by atoms with E-state index in [0.717, 1.165) is 10.4 Å². The Bertz CT molecular complexity index is 1090. The highest BCUT2D eigenvalue weighted by Crippen LogP contribution is 2.45. The molecule has 0 spiro atoms. The second-order valence-corrected chi connectivity index (χ2v) is 7.11. The number of ether oxygens (including phenoxy) is 2. The lowest BCUT2D eigenvalue weighted by Gasteiger charge is -2.27. The van der Waals surface area contributed by atoms with Gasteiger partial charge >= 0.3 is 5.97 Å². The summed E-state index contributed by atoms with van der Waals surface area (Å²) < 4.78 is 10.9. The van der Waals surface area contributed by atoms with Crippen LogP contribution in [0.3, 0.4) is 0 Å². The van der Waals surface area contributed by atoms with Crippen LogP contribution in [0.4, 0.5) is 5.69 Å². The maximum atomic E-state index is 12.9. The van der Waals surface area contributed by atoms with E-state index in [9.17, 15) is 20.2 Å². The Morgan fingerprint density at radius 3 is 2.79 bits per heavy atom. The van der Waals surface area contributed by atoms with E-state index in [-0.39, 0.29) is 35.1 Å². The Labute approximate surface area is 170 Å². The number of nitro benzene ring substituents is 1. The number of hydrogen-bond acceptors (Lipinski definition) is 8. The minimum Gasteiger partial charge on any atom is -0.463 e. The van der Waals surface area contributed by atoms with Gasteiger partial charge < -0.3 is 15.2 Å². The predicted octanol–water partition coefficient (Wildman–Crippen LogP) is 3.75. The molecule has 2 aromatic rings. The summed E-state index contributed by atoms with van der Waals surface area (Å²) in [7, 11) is 0. The van der Waals surface area contributed by atoms with E-state index in [1.807, 2.05) is 24.4 Å². The molecule has 0 aliphatic carbocycles. The fourth-order valence-electron chi connectivity index (χ4n) is 3.09. The van der Waals surface area contributed by atoms with Crippen LogP contribution >= 0.6 is 11.3 Å². The zero-order valence-electron chi connectivity index (χ0n) is 15.7. The van der Waals surface area contributed by atoms with E-state index in [1.165, 1.54) is 29.5 Å². The number of carbonyl (C=O) groups is 1. The monoisotopic (exact) mass is 411 g/mol. The number of allylic oxidation sites excluding steroid dienone is 1. The number of nitrogens with two attached hydrogens (primary N) is 1. The quantitative estimate of drug-likeness (QED) is 0.451. The highest BCUT2D eigenvalue weighted by molar-refractivity contribution is 7.10. The molecule has 148 valence electrons. The Hall–Kier alpha value is -3.64. The van der Waals surface area contributed by atoms with Crippen LogP contribution in [0, 0.1) is 28.4 Å². The summed E-state index contributed by atoms with van der Waals surface area (Å²) in [4.78, 5) is 24.3. The van der Waals surface area contributed by atoms with Gasteiger partial charge in [-0.1, -0.05) is 12.1 Å². The van der Waals surface area contributed by atoms with Crippen LogP contribution in [-0.4, -0.2) is 17.5 Å². The number of esters is 1. The van der Waals surface area contributed by atoms with Crippen molar-refractivity contribution < 1.29 is 19.2 Å². The lowest BCUT2D eigenvalue weighted by atomic mass is 9.85. The van der Waals surface area contributed by atoms with Gasteiger partial charge in [-0.05, 0) is 30.9 Å². The smallest absolute Gasteiger partial charge is 0.338 e. The summed E-state index contributed by atoms with van der Waals surface area (Å²) in [6, 6.07) is 9.58. The van der Waals surface area contributed by atoms with E-state index in [4.69, 9.17) is 15.2 Å². The maximum absolute atomic E-state index is 12.9. The first-order valence-corrected chi connectivity index (χ1v) is 9.54. The van der Waals surface area contributed by atoms with Crippen molar-refractivity contribution in [1.29, 1.82) is 5.26 Å². The van der Waals surface area contributed by atoms with Crippen LogP contribution in [0.15, 0.2) is 52.7 Å². The number of nitrogens with zero attached hydrogens (tertiary/aromatic N) is 2. The number of non-ortho nitro benzene ring substituents is 1. The third-order valence-electron chi connectivity index (χ3n) is 4.40. The second-order valence-electron chi connectivity index (χ2n) is 6.16.